The zero-order chi connectivity index (χ0) is 19.0. The normalized spacial score (nSPS) is 14.7. The molecule has 0 radical (unpaired) electrons. The largest absolute Gasteiger partial charge is 0.378 e. The number of hydrogen-bond acceptors (Lipinski definition) is 3. The lowest BCUT2D eigenvalue weighted by Crippen LogP contribution is -2.41. The van der Waals surface area contributed by atoms with Gasteiger partial charge in [-0.1, -0.05) is 18.2 Å². The number of pyridine rings is 1. The minimum absolute atomic E-state index is 0.131. The molecule has 5 heteroatoms. The predicted molar refractivity (Wildman–Crippen MR) is 106 cm³/mol. The Hall–Kier alpha value is -2.66. The van der Waals surface area contributed by atoms with Crippen molar-refractivity contribution in [3.8, 4) is 11.3 Å². The van der Waals surface area contributed by atoms with Crippen molar-refractivity contribution in [2.75, 3.05) is 26.3 Å². The van der Waals surface area contributed by atoms with E-state index in [9.17, 15) is 4.79 Å². The number of nitrogens with zero attached hydrogens (tertiary/aromatic N) is 3. The summed E-state index contributed by atoms with van der Waals surface area (Å²) in [7, 11) is 0. The van der Waals surface area contributed by atoms with E-state index >= 15 is 0 Å². The van der Waals surface area contributed by atoms with E-state index in [0.717, 1.165) is 28.2 Å². The molecular formula is C22H25N3O2. The number of benzene rings is 1. The summed E-state index contributed by atoms with van der Waals surface area (Å²) in [5, 5.41) is 0. The molecule has 0 saturated carbocycles. The van der Waals surface area contributed by atoms with Crippen molar-refractivity contribution in [2.45, 2.75) is 27.2 Å². The number of aryl methyl sites for hydroxylation is 3. The van der Waals surface area contributed by atoms with E-state index in [4.69, 9.17) is 9.72 Å². The number of aromatic nitrogens is 2. The van der Waals surface area contributed by atoms with Crippen molar-refractivity contribution in [2.24, 2.45) is 0 Å². The van der Waals surface area contributed by atoms with Gasteiger partial charge in [-0.05, 0) is 49.6 Å². The van der Waals surface area contributed by atoms with Gasteiger partial charge < -0.3 is 14.0 Å². The fourth-order valence-corrected chi connectivity index (χ4v) is 3.61. The molecule has 1 saturated heterocycles. The molecule has 1 fully saturated rings. The average molecular weight is 363 g/mol. The van der Waals surface area contributed by atoms with Crippen LogP contribution in [0.3, 0.4) is 0 Å². The molecule has 140 valence electrons. The van der Waals surface area contributed by atoms with Gasteiger partial charge in [-0.3, -0.25) is 4.79 Å². The lowest BCUT2D eigenvalue weighted by molar-refractivity contribution is -0.134. The van der Waals surface area contributed by atoms with Gasteiger partial charge in [-0.15, -0.1) is 0 Å². The van der Waals surface area contributed by atoms with Gasteiger partial charge in [0.05, 0.1) is 31.0 Å². The summed E-state index contributed by atoms with van der Waals surface area (Å²) in [6.07, 6.45) is 2.34. The third-order valence-corrected chi connectivity index (χ3v) is 5.41. The van der Waals surface area contributed by atoms with Gasteiger partial charge in [-0.2, -0.15) is 0 Å². The van der Waals surface area contributed by atoms with Gasteiger partial charge in [-0.25, -0.2) is 4.98 Å². The van der Waals surface area contributed by atoms with Crippen LogP contribution < -0.4 is 0 Å². The molecule has 1 aliphatic rings. The second kappa shape index (κ2) is 7.16. The van der Waals surface area contributed by atoms with E-state index in [1.54, 1.807) is 0 Å². The molecule has 5 nitrogen and oxygen atoms in total. The van der Waals surface area contributed by atoms with Gasteiger partial charge in [0, 0.05) is 24.8 Å². The van der Waals surface area contributed by atoms with E-state index in [1.807, 2.05) is 17.2 Å². The molecule has 3 aromatic rings. The van der Waals surface area contributed by atoms with Crippen LogP contribution in [-0.4, -0.2) is 46.5 Å². The first-order valence-corrected chi connectivity index (χ1v) is 9.44. The third-order valence-electron chi connectivity index (χ3n) is 5.41. The van der Waals surface area contributed by atoms with Gasteiger partial charge in [0.25, 0.3) is 0 Å². The van der Waals surface area contributed by atoms with Crippen LogP contribution in [0.5, 0.6) is 0 Å². The maximum atomic E-state index is 12.9. The molecule has 3 heterocycles. The molecular weight excluding hydrogens is 338 g/mol. The maximum Gasteiger partial charge on any atom is 0.228 e. The first-order valence-electron chi connectivity index (χ1n) is 9.44. The summed E-state index contributed by atoms with van der Waals surface area (Å²) in [6.45, 7) is 8.82. The van der Waals surface area contributed by atoms with E-state index < -0.39 is 0 Å². The van der Waals surface area contributed by atoms with Crippen LogP contribution >= 0.6 is 0 Å². The number of morpholine rings is 1. The van der Waals surface area contributed by atoms with Gasteiger partial charge >= 0.3 is 0 Å². The Balaban J connectivity index is 1.80. The fourth-order valence-electron chi connectivity index (χ4n) is 3.61. The highest BCUT2D eigenvalue weighted by Gasteiger charge is 2.22. The van der Waals surface area contributed by atoms with E-state index in [-0.39, 0.29) is 5.91 Å². The molecule has 1 aromatic carbocycles. The van der Waals surface area contributed by atoms with Gasteiger partial charge in [0.1, 0.15) is 5.65 Å². The Morgan fingerprint density at radius 1 is 1.07 bits per heavy atom. The SMILES string of the molecule is Cc1ccc(-c2nc3c(C)cccn3c2CC(=O)N2CCOCC2)cc1C. The zero-order valence-electron chi connectivity index (χ0n) is 16.2. The topological polar surface area (TPSA) is 46.8 Å². The van der Waals surface area contributed by atoms with Crippen LogP contribution in [0.1, 0.15) is 22.4 Å². The highest BCUT2D eigenvalue weighted by molar-refractivity contribution is 5.82. The molecule has 0 N–H and O–H groups in total. The second-order valence-electron chi connectivity index (χ2n) is 7.26. The maximum absolute atomic E-state index is 12.9. The number of carbonyl (C=O) groups excluding carboxylic acids is 1. The average Bonchev–Trinajstić information content (AvgIpc) is 3.04. The zero-order valence-corrected chi connectivity index (χ0v) is 16.2. The van der Waals surface area contributed by atoms with Gasteiger partial charge in [0.2, 0.25) is 5.91 Å². The minimum Gasteiger partial charge on any atom is -0.378 e. The summed E-state index contributed by atoms with van der Waals surface area (Å²) in [5.74, 6) is 0.131. The number of rotatable bonds is 3. The quantitative estimate of drug-likeness (QED) is 0.717. The van der Waals surface area contributed by atoms with Crippen molar-refractivity contribution in [3.05, 3.63) is 58.9 Å². The summed E-state index contributed by atoms with van der Waals surface area (Å²) in [4.78, 5) is 19.7. The Labute approximate surface area is 159 Å². The number of hydrogen-bond donors (Lipinski definition) is 0. The second-order valence-corrected chi connectivity index (χ2v) is 7.26. The highest BCUT2D eigenvalue weighted by atomic mass is 16.5. The van der Waals surface area contributed by atoms with Crippen molar-refractivity contribution in [1.29, 1.82) is 0 Å². The van der Waals surface area contributed by atoms with E-state index in [0.29, 0.717) is 32.7 Å². The summed E-state index contributed by atoms with van der Waals surface area (Å²) >= 11 is 0. The lowest BCUT2D eigenvalue weighted by atomic mass is 10.0. The van der Waals surface area contributed by atoms with Crippen LogP contribution in [0.2, 0.25) is 0 Å². The molecule has 2 aromatic heterocycles. The number of ether oxygens (including phenoxy) is 1. The minimum atomic E-state index is 0.131. The molecule has 1 amide bonds. The van der Waals surface area contributed by atoms with Crippen molar-refractivity contribution in [3.63, 3.8) is 0 Å². The van der Waals surface area contributed by atoms with E-state index in [2.05, 4.69) is 49.4 Å². The molecule has 0 unspecified atom stereocenters. The van der Waals surface area contributed by atoms with Crippen molar-refractivity contribution in [1.82, 2.24) is 14.3 Å². The molecule has 27 heavy (non-hydrogen) atoms. The van der Waals surface area contributed by atoms with Crippen molar-refractivity contribution >= 4 is 11.6 Å². The first-order chi connectivity index (χ1) is 13.0. The standard InChI is InChI=1S/C22H25N3O2/c1-15-6-7-18(13-17(15)3)21-19(14-20(26)24-9-11-27-12-10-24)25-8-4-5-16(2)22(25)23-21/h4-8,13H,9-12,14H2,1-3H3. The number of carbonyl (C=O) groups is 1. The van der Waals surface area contributed by atoms with Crippen LogP contribution in [0.25, 0.3) is 16.9 Å². The Morgan fingerprint density at radius 3 is 2.59 bits per heavy atom. The summed E-state index contributed by atoms with van der Waals surface area (Å²) in [5.41, 5.74) is 7.41. The van der Waals surface area contributed by atoms with Crippen LogP contribution in [0.4, 0.5) is 0 Å². The summed E-state index contributed by atoms with van der Waals surface area (Å²) in [6, 6.07) is 10.4. The van der Waals surface area contributed by atoms with Crippen LogP contribution in [0, 0.1) is 20.8 Å². The van der Waals surface area contributed by atoms with Gasteiger partial charge in [0.15, 0.2) is 0 Å². The highest BCUT2D eigenvalue weighted by Crippen LogP contribution is 2.28. The molecule has 0 spiro atoms. The number of amides is 1. The molecule has 0 bridgehead atoms. The molecule has 1 aliphatic heterocycles. The van der Waals surface area contributed by atoms with E-state index in [1.165, 1.54) is 11.1 Å². The number of imidazole rings is 1. The molecule has 0 aliphatic carbocycles. The monoisotopic (exact) mass is 363 g/mol. The van der Waals surface area contributed by atoms with Crippen LogP contribution in [-0.2, 0) is 16.0 Å². The van der Waals surface area contributed by atoms with Crippen molar-refractivity contribution < 1.29 is 9.53 Å². The predicted octanol–water partition coefficient (Wildman–Crippen LogP) is 3.33. The molecule has 0 atom stereocenters. The molecule has 4 rings (SSSR count). The lowest BCUT2D eigenvalue weighted by Gasteiger charge is -2.27. The third kappa shape index (κ3) is 3.35. The fraction of sp³-hybridized carbons (Fsp3) is 0.364. The Bertz CT molecular complexity index is 1000. The Kier molecular flexibility index (Phi) is 4.70. The smallest absolute Gasteiger partial charge is 0.228 e. The number of fused-ring (bicyclic) bond motifs is 1. The Morgan fingerprint density at radius 2 is 1.85 bits per heavy atom. The summed E-state index contributed by atoms with van der Waals surface area (Å²) < 4.78 is 7.44. The van der Waals surface area contributed by atoms with Crippen LogP contribution in [0.15, 0.2) is 36.5 Å². The first kappa shape index (κ1) is 17.7.